The first-order valence-corrected chi connectivity index (χ1v) is 4.73. The Morgan fingerprint density at radius 2 is 2.06 bits per heavy atom. The molecule has 0 unspecified atom stereocenters. The fourth-order valence-electron chi connectivity index (χ4n) is 1.33. The molecule has 16 heavy (non-hydrogen) atoms. The lowest BCUT2D eigenvalue weighted by molar-refractivity contribution is -0.108. The van der Waals surface area contributed by atoms with E-state index in [1.165, 1.54) is 0 Å². The van der Waals surface area contributed by atoms with E-state index < -0.39 is 6.29 Å². The number of ether oxygens (including phenoxy) is 2. The predicted octanol–water partition coefficient (Wildman–Crippen LogP) is 0.954. The van der Waals surface area contributed by atoms with Crippen molar-refractivity contribution in [3.63, 3.8) is 0 Å². The highest BCUT2D eigenvalue weighted by molar-refractivity contribution is 5.13. The molecule has 0 saturated carbocycles. The van der Waals surface area contributed by atoms with Gasteiger partial charge >= 0.3 is 0 Å². The predicted molar refractivity (Wildman–Crippen MR) is 55.9 cm³/mol. The second-order valence-electron chi connectivity index (χ2n) is 3.04. The van der Waals surface area contributed by atoms with Crippen LogP contribution in [-0.2, 0) is 9.47 Å². The summed E-state index contributed by atoms with van der Waals surface area (Å²) in [5.41, 5.74) is 0.658. The van der Waals surface area contributed by atoms with Crippen molar-refractivity contribution < 1.29 is 9.47 Å². The molecule has 0 aliphatic heterocycles. The van der Waals surface area contributed by atoms with E-state index in [0.717, 1.165) is 0 Å². The highest BCUT2D eigenvalue weighted by Gasteiger charge is 2.12. The van der Waals surface area contributed by atoms with Crippen LogP contribution in [0.2, 0.25) is 0 Å². The average Bonchev–Trinajstić information content (AvgIpc) is 2.85. The largest absolute Gasteiger partial charge is 0.350 e. The summed E-state index contributed by atoms with van der Waals surface area (Å²) < 4.78 is 11.8. The van der Waals surface area contributed by atoms with Gasteiger partial charge in [0.25, 0.3) is 5.95 Å². The van der Waals surface area contributed by atoms with E-state index in [-0.39, 0.29) is 0 Å². The molecule has 0 bridgehead atoms. The number of hydrogen-bond donors (Lipinski definition) is 0. The monoisotopic (exact) mass is 220 g/mol. The van der Waals surface area contributed by atoms with Crippen LogP contribution < -0.4 is 0 Å². The Morgan fingerprint density at radius 3 is 2.69 bits per heavy atom. The van der Waals surface area contributed by atoms with Crippen LogP contribution in [0.3, 0.4) is 0 Å². The molecule has 0 aliphatic rings. The lowest BCUT2D eigenvalue weighted by atomic mass is 10.4. The van der Waals surface area contributed by atoms with E-state index >= 15 is 0 Å². The number of methoxy groups -OCH3 is 2. The van der Waals surface area contributed by atoms with Gasteiger partial charge in [0, 0.05) is 32.8 Å². The lowest BCUT2D eigenvalue weighted by Crippen LogP contribution is -2.09. The normalized spacial score (nSPS) is 10.9. The summed E-state index contributed by atoms with van der Waals surface area (Å²) in [5.74, 6) is 0.488. The fourth-order valence-corrected chi connectivity index (χ4v) is 1.33. The third-order valence-electron chi connectivity index (χ3n) is 2.04. The van der Waals surface area contributed by atoms with Crippen LogP contribution >= 0.6 is 0 Å². The smallest absolute Gasteiger partial charge is 0.250 e. The van der Waals surface area contributed by atoms with Gasteiger partial charge in [-0.05, 0) is 12.1 Å². The summed E-state index contributed by atoms with van der Waals surface area (Å²) in [4.78, 5) is 8.41. The summed E-state index contributed by atoms with van der Waals surface area (Å²) in [6.45, 7) is 0. The van der Waals surface area contributed by atoms with Gasteiger partial charge in [-0.25, -0.2) is 14.6 Å². The molecule has 0 fully saturated rings. The van der Waals surface area contributed by atoms with E-state index in [1.54, 1.807) is 49.6 Å². The third-order valence-corrected chi connectivity index (χ3v) is 2.04. The molecule has 0 atom stereocenters. The molecule has 0 aromatic carbocycles. The van der Waals surface area contributed by atoms with Crippen LogP contribution in [0, 0.1) is 0 Å². The van der Waals surface area contributed by atoms with Crippen LogP contribution in [0.15, 0.2) is 30.7 Å². The van der Waals surface area contributed by atoms with Gasteiger partial charge in [0.1, 0.15) is 5.69 Å². The Kier molecular flexibility index (Phi) is 3.23. The summed E-state index contributed by atoms with van der Waals surface area (Å²) in [6.07, 6.45) is 4.59. The van der Waals surface area contributed by atoms with Gasteiger partial charge in [0.05, 0.1) is 0 Å². The van der Waals surface area contributed by atoms with Crippen LogP contribution in [0.5, 0.6) is 0 Å². The Labute approximate surface area is 92.9 Å². The van der Waals surface area contributed by atoms with Crippen molar-refractivity contribution in [2.75, 3.05) is 14.2 Å². The highest BCUT2D eigenvalue weighted by Crippen LogP contribution is 2.14. The maximum atomic E-state index is 5.12. The van der Waals surface area contributed by atoms with Crippen molar-refractivity contribution in [1.29, 1.82) is 0 Å². The van der Waals surface area contributed by atoms with Crippen molar-refractivity contribution in [2.45, 2.75) is 6.29 Å². The number of rotatable bonds is 4. The fraction of sp³-hybridized carbons (Fsp3) is 0.300. The minimum atomic E-state index is -0.489. The van der Waals surface area contributed by atoms with E-state index in [9.17, 15) is 0 Å². The topological polar surface area (TPSA) is 62.1 Å². The molecule has 2 heterocycles. The molecule has 0 spiro atoms. The summed E-state index contributed by atoms with van der Waals surface area (Å²) in [7, 11) is 3.12. The number of aromatic nitrogens is 4. The molecule has 2 aromatic rings. The van der Waals surface area contributed by atoms with Crippen LogP contribution in [0.1, 0.15) is 12.0 Å². The van der Waals surface area contributed by atoms with Gasteiger partial charge in [-0.3, -0.25) is 0 Å². The lowest BCUT2D eigenvalue weighted by Gasteiger charge is -2.12. The second-order valence-corrected chi connectivity index (χ2v) is 3.04. The summed E-state index contributed by atoms with van der Waals surface area (Å²) >= 11 is 0. The van der Waals surface area contributed by atoms with Crippen molar-refractivity contribution in [3.8, 4) is 5.95 Å². The number of hydrogen-bond acceptors (Lipinski definition) is 5. The zero-order valence-corrected chi connectivity index (χ0v) is 9.07. The SMILES string of the molecule is COC(OC)c1ccnc(-n2cccn2)n1. The summed E-state index contributed by atoms with van der Waals surface area (Å²) in [5, 5.41) is 4.05. The zero-order valence-electron chi connectivity index (χ0n) is 9.07. The molecule has 2 aromatic heterocycles. The first-order chi connectivity index (χ1) is 7.85. The minimum absolute atomic E-state index is 0.488. The van der Waals surface area contributed by atoms with Gasteiger partial charge < -0.3 is 9.47 Å². The van der Waals surface area contributed by atoms with Crippen LogP contribution in [0.4, 0.5) is 0 Å². The van der Waals surface area contributed by atoms with Crippen LogP contribution in [0.25, 0.3) is 5.95 Å². The third kappa shape index (κ3) is 2.07. The first-order valence-electron chi connectivity index (χ1n) is 4.73. The van der Waals surface area contributed by atoms with E-state index in [0.29, 0.717) is 11.6 Å². The Morgan fingerprint density at radius 1 is 1.25 bits per heavy atom. The van der Waals surface area contributed by atoms with Crippen molar-refractivity contribution in [3.05, 3.63) is 36.4 Å². The Hall–Kier alpha value is -1.79. The Bertz CT molecular complexity index is 440. The average molecular weight is 220 g/mol. The molecule has 0 radical (unpaired) electrons. The minimum Gasteiger partial charge on any atom is -0.350 e. The van der Waals surface area contributed by atoms with Crippen molar-refractivity contribution in [2.24, 2.45) is 0 Å². The van der Waals surface area contributed by atoms with E-state index in [1.807, 2.05) is 0 Å². The maximum Gasteiger partial charge on any atom is 0.250 e. The van der Waals surface area contributed by atoms with Gasteiger partial charge in [0.2, 0.25) is 6.29 Å². The van der Waals surface area contributed by atoms with Gasteiger partial charge in [-0.2, -0.15) is 5.10 Å². The summed E-state index contributed by atoms with van der Waals surface area (Å²) in [6, 6.07) is 3.55. The van der Waals surface area contributed by atoms with E-state index in [2.05, 4.69) is 15.1 Å². The van der Waals surface area contributed by atoms with Gasteiger partial charge in [-0.15, -0.1) is 0 Å². The molecule has 0 aliphatic carbocycles. The molecule has 6 heteroatoms. The quantitative estimate of drug-likeness (QED) is 0.718. The van der Waals surface area contributed by atoms with E-state index in [4.69, 9.17) is 9.47 Å². The molecular weight excluding hydrogens is 208 g/mol. The standard InChI is InChI=1S/C10H12N4O2/c1-15-9(16-2)8-4-6-11-10(13-8)14-7-3-5-12-14/h3-7,9H,1-2H3. The second kappa shape index (κ2) is 4.82. The maximum absolute atomic E-state index is 5.12. The zero-order chi connectivity index (χ0) is 11.4. The van der Waals surface area contributed by atoms with Gasteiger partial charge in [0.15, 0.2) is 0 Å². The molecular formula is C10H12N4O2. The molecule has 84 valence electrons. The molecule has 0 saturated heterocycles. The van der Waals surface area contributed by atoms with Crippen molar-refractivity contribution >= 4 is 0 Å². The van der Waals surface area contributed by atoms with Crippen LogP contribution in [-0.4, -0.2) is 34.0 Å². The molecule has 0 amide bonds. The number of nitrogens with zero attached hydrogens (tertiary/aromatic N) is 4. The first kappa shape index (κ1) is 10.7. The molecule has 6 nitrogen and oxygen atoms in total. The van der Waals surface area contributed by atoms with Crippen molar-refractivity contribution in [1.82, 2.24) is 19.7 Å². The Balaban J connectivity index is 2.33. The van der Waals surface area contributed by atoms with Gasteiger partial charge in [-0.1, -0.05) is 0 Å². The molecule has 2 rings (SSSR count). The molecule has 0 N–H and O–H groups in total. The highest BCUT2D eigenvalue weighted by atomic mass is 16.7.